The van der Waals surface area contributed by atoms with Crippen LogP contribution in [-0.4, -0.2) is 22.9 Å². The number of ketones is 1. The predicted molar refractivity (Wildman–Crippen MR) is 55.9 cm³/mol. The van der Waals surface area contributed by atoms with E-state index in [0.717, 1.165) is 0 Å². The summed E-state index contributed by atoms with van der Waals surface area (Å²) in [6, 6.07) is 3.15. The monoisotopic (exact) mass is 279 g/mol. The lowest BCUT2D eigenvalue weighted by Crippen LogP contribution is -2.47. The Labute approximate surface area is 105 Å². The summed E-state index contributed by atoms with van der Waals surface area (Å²) < 4.78 is 62.9. The van der Waals surface area contributed by atoms with E-state index < -0.39 is 23.8 Å². The molecule has 0 fully saturated rings. The van der Waals surface area contributed by atoms with Crippen LogP contribution in [0, 0.1) is 0 Å². The molecule has 0 spiro atoms. The summed E-state index contributed by atoms with van der Waals surface area (Å²) in [4.78, 5) is 15.3. The van der Waals surface area contributed by atoms with Crippen LogP contribution in [0.4, 0.5) is 22.0 Å². The first-order valence-corrected chi connectivity index (χ1v) is 5.68. The summed E-state index contributed by atoms with van der Waals surface area (Å²) in [6.07, 6.45) is -3.69. The largest absolute Gasteiger partial charge is 0.461 e. The van der Waals surface area contributed by atoms with Crippen LogP contribution >= 0.6 is 0 Å². The van der Waals surface area contributed by atoms with E-state index in [4.69, 9.17) is 0 Å². The Bertz CT molecular complexity index is 497. The summed E-state index contributed by atoms with van der Waals surface area (Å²) in [5.41, 5.74) is 0.604. The van der Waals surface area contributed by atoms with E-state index in [1.165, 1.54) is 6.20 Å². The van der Waals surface area contributed by atoms with Crippen molar-refractivity contribution < 1.29 is 26.7 Å². The number of pyridine rings is 1. The van der Waals surface area contributed by atoms with Crippen LogP contribution in [0.25, 0.3) is 0 Å². The van der Waals surface area contributed by atoms with Crippen LogP contribution in [0.2, 0.25) is 0 Å². The number of Topliss-reactive ketones (excluding diaryl/α,β-unsaturated/α-hetero) is 1. The summed E-state index contributed by atoms with van der Waals surface area (Å²) in [6.45, 7) is 0. The average Bonchev–Trinajstić information content (AvgIpc) is 2.36. The summed E-state index contributed by atoms with van der Waals surface area (Å²) in [5, 5.41) is 0. The van der Waals surface area contributed by atoms with Gasteiger partial charge in [0.1, 0.15) is 0 Å². The van der Waals surface area contributed by atoms with Crippen LogP contribution in [-0.2, 0) is 11.2 Å². The molecule has 19 heavy (non-hydrogen) atoms. The second kappa shape index (κ2) is 4.54. The number of halogens is 5. The molecule has 0 saturated carbocycles. The lowest BCUT2D eigenvalue weighted by atomic mass is 9.82. The van der Waals surface area contributed by atoms with Gasteiger partial charge in [-0.25, -0.2) is 0 Å². The number of aromatic nitrogens is 1. The fourth-order valence-electron chi connectivity index (χ4n) is 2.22. The van der Waals surface area contributed by atoms with Gasteiger partial charge in [-0.15, -0.1) is 0 Å². The Morgan fingerprint density at radius 1 is 1.26 bits per heavy atom. The van der Waals surface area contributed by atoms with Crippen LogP contribution in [0.1, 0.15) is 30.0 Å². The van der Waals surface area contributed by atoms with Gasteiger partial charge in [-0.2, -0.15) is 22.0 Å². The number of hydrogen-bond acceptors (Lipinski definition) is 2. The number of nitrogens with zero attached hydrogens (tertiary/aromatic N) is 1. The van der Waals surface area contributed by atoms with Gasteiger partial charge in [0, 0.05) is 6.20 Å². The van der Waals surface area contributed by atoms with E-state index in [0.29, 0.717) is 18.4 Å². The molecule has 0 saturated heterocycles. The second-order valence-corrected chi connectivity index (χ2v) is 4.43. The molecule has 0 aromatic carbocycles. The Balaban J connectivity index is 2.37. The van der Waals surface area contributed by atoms with Crippen LogP contribution in [0.15, 0.2) is 18.3 Å². The van der Waals surface area contributed by atoms with Gasteiger partial charge in [0.05, 0.1) is 11.6 Å². The van der Waals surface area contributed by atoms with Gasteiger partial charge in [-0.3, -0.25) is 9.78 Å². The lowest BCUT2D eigenvalue weighted by Gasteiger charge is -2.27. The van der Waals surface area contributed by atoms with E-state index in [-0.39, 0.29) is 12.1 Å². The van der Waals surface area contributed by atoms with Crippen molar-refractivity contribution in [1.82, 2.24) is 4.98 Å². The van der Waals surface area contributed by atoms with Crippen molar-refractivity contribution in [3.8, 4) is 0 Å². The highest BCUT2D eigenvalue weighted by Gasteiger charge is 2.64. The molecule has 2 nitrogen and oxygen atoms in total. The maximum atomic E-state index is 13.1. The molecule has 2 rings (SSSR count). The summed E-state index contributed by atoms with van der Waals surface area (Å²) in [5.74, 6) is -8.93. The molecule has 104 valence electrons. The Morgan fingerprint density at radius 3 is 2.58 bits per heavy atom. The van der Waals surface area contributed by atoms with Crippen molar-refractivity contribution in [2.45, 2.75) is 37.3 Å². The zero-order valence-electron chi connectivity index (χ0n) is 9.68. The molecule has 0 aliphatic heterocycles. The van der Waals surface area contributed by atoms with Crippen molar-refractivity contribution in [1.29, 1.82) is 0 Å². The minimum Gasteiger partial charge on any atom is -0.292 e. The van der Waals surface area contributed by atoms with E-state index >= 15 is 0 Å². The molecule has 1 aliphatic carbocycles. The van der Waals surface area contributed by atoms with E-state index in [9.17, 15) is 26.7 Å². The highest BCUT2D eigenvalue weighted by atomic mass is 19.4. The zero-order chi connectivity index (χ0) is 14.3. The minimum absolute atomic E-state index is 0.0332. The Kier molecular flexibility index (Phi) is 3.32. The molecule has 1 atom stereocenters. The molecule has 1 aromatic rings. The molecular weight excluding hydrogens is 269 g/mol. The maximum Gasteiger partial charge on any atom is 0.461 e. The number of fused-ring (bicyclic) bond motifs is 1. The third-order valence-electron chi connectivity index (χ3n) is 3.18. The first kappa shape index (κ1) is 13.9. The van der Waals surface area contributed by atoms with Gasteiger partial charge in [0.2, 0.25) is 5.78 Å². The van der Waals surface area contributed by atoms with Crippen molar-refractivity contribution in [3.63, 3.8) is 0 Å². The normalized spacial score (nSPS) is 19.9. The summed E-state index contributed by atoms with van der Waals surface area (Å²) in [7, 11) is 0. The fourth-order valence-corrected chi connectivity index (χ4v) is 2.22. The van der Waals surface area contributed by atoms with Gasteiger partial charge >= 0.3 is 12.1 Å². The minimum atomic E-state index is -5.86. The molecule has 1 unspecified atom stereocenters. The average molecular weight is 279 g/mol. The standard InChI is InChI=1S/C12H10F5NO/c13-11(14,12(15,16)17)10(19)8-5-1-3-7-4-2-6-18-9(7)8/h2,4,6,8H,1,3,5H2. The molecule has 1 aliphatic rings. The third-order valence-corrected chi connectivity index (χ3v) is 3.18. The predicted octanol–water partition coefficient (Wildman–Crippen LogP) is 3.27. The topological polar surface area (TPSA) is 30.0 Å². The van der Waals surface area contributed by atoms with Gasteiger partial charge < -0.3 is 0 Å². The molecular formula is C12H10F5NO. The summed E-state index contributed by atoms with van der Waals surface area (Å²) >= 11 is 0. The molecule has 0 amide bonds. The Morgan fingerprint density at radius 2 is 1.95 bits per heavy atom. The zero-order valence-corrected chi connectivity index (χ0v) is 9.68. The Hall–Kier alpha value is -1.53. The molecule has 1 heterocycles. The van der Waals surface area contributed by atoms with Crippen molar-refractivity contribution >= 4 is 5.78 Å². The first-order valence-electron chi connectivity index (χ1n) is 5.68. The number of alkyl halides is 5. The quantitative estimate of drug-likeness (QED) is 0.778. The van der Waals surface area contributed by atoms with Crippen molar-refractivity contribution in [2.24, 2.45) is 0 Å². The third kappa shape index (κ3) is 2.33. The number of carbonyl (C=O) groups excluding carboxylic acids is 1. The smallest absolute Gasteiger partial charge is 0.292 e. The molecule has 0 N–H and O–H groups in total. The SMILES string of the molecule is O=C(C1CCCc2cccnc21)C(F)(F)C(F)(F)F. The number of hydrogen-bond donors (Lipinski definition) is 0. The van der Waals surface area contributed by atoms with Gasteiger partial charge in [-0.1, -0.05) is 6.07 Å². The van der Waals surface area contributed by atoms with Crippen LogP contribution in [0.5, 0.6) is 0 Å². The highest BCUT2D eigenvalue weighted by Crippen LogP contribution is 2.42. The lowest BCUT2D eigenvalue weighted by molar-refractivity contribution is -0.269. The van der Waals surface area contributed by atoms with Gasteiger partial charge in [0.15, 0.2) is 0 Å². The van der Waals surface area contributed by atoms with E-state index in [2.05, 4.69) is 4.98 Å². The van der Waals surface area contributed by atoms with Gasteiger partial charge in [0.25, 0.3) is 0 Å². The number of carbonyl (C=O) groups is 1. The fraction of sp³-hybridized carbons (Fsp3) is 0.500. The van der Waals surface area contributed by atoms with E-state index in [1.54, 1.807) is 12.1 Å². The van der Waals surface area contributed by atoms with Crippen LogP contribution in [0.3, 0.4) is 0 Å². The highest BCUT2D eigenvalue weighted by molar-refractivity contribution is 5.92. The maximum absolute atomic E-state index is 13.1. The van der Waals surface area contributed by atoms with Gasteiger partial charge in [-0.05, 0) is 30.9 Å². The van der Waals surface area contributed by atoms with Crippen molar-refractivity contribution in [3.05, 3.63) is 29.6 Å². The molecule has 7 heteroatoms. The molecule has 1 aromatic heterocycles. The second-order valence-electron chi connectivity index (χ2n) is 4.43. The van der Waals surface area contributed by atoms with E-state index in [1.807, 2.05) is 0 Å². The first-order chi connectivity index (χ1) is 8.75. The molecule has 0 bridgehead atoms. The van der Waals surface area contributed by atoms with Crippen molar-refractivity contribution in [2.75, 3.05) is 0 Å². The number of rotatable bonds is 2. The number of aryl methyl sites for hydroxylation is 1. The molecule has 0 radical (unpaired) electrons. The van der Waals surface area contributed by atoms with Crippen LogP contribution < -0.4 is 0 Å².